The molecule has 38 heavy (non-hydrogen) atoms. The Hall–Kier alpha value is -2.66. The zero-order valence-corrected chi connectivity index (χ0v) is 24.6. The molecule has 0 atom stereocenters. The van der Waals surface area contributed by atoms with Gasteiger partial charge >= 0.3 is 0 Å². The van der Waals surface area contributed by atoms with E-state index in [4.69, 9.17) is 9.84 Å². The quantitative estimate of drug-likeness (QED) is 0.221. The number of aliphatic hydroxyl groups is 1. The maximum atomic E-state index is 12.5. The van der Waals surface area contributed by atoms with Gasteiger partial charge in [0.05, 0.1) is 7.11 Å². The first-order valence-corrected chi connectivity index (χ1v) is 13.0. The summed E-state index contributed by atoms with van der Waals surface area (Å²) in [6.45, 7) is 10.00. The van der Waals surface area contributed by atoms with Crippen LogP contribution in [0.5, 0.6) is 5.75 Å². The average Bonchev–Trinajstić information content (AvgIpc) is 3.36. The summed E-state index contributed by atoms with van der Waals surface area (Å²) in [4.78, 5) is 21.6. The van der Waals surface area contributed by atoms with E-state index in [9.17, 15) is 14.0 Å². The largest absolute Gasteiger partial charge is 0.497 e. The average molecular weight is 555 g/mol. The first-order chi connectivity index (χ1) is 18.2. The lowest BCUT2D eigenvalue weighted by Gasteiger charge is -2.04. The summed E-state index contributed by atoms with van der Waals surface area (Å²) in [5, 5.41) is 18.7. The number of ether oxygens (including phenoxy) is 1. The number of hydrogen-bond acceptors (Lipinski definition) is 7. The van der Waals surface area contributed by atoms with E-state index in [2.05, 4.69) is 46.9 Å². The number of aliphatic hydroxyl groups excluding tert-OH is 1. The maximum absolute atomic E-state index is 12.5. The Bertz CT molecular complexity index is 842. The molecule has 0 aromatic heterocycles. The molecule has 5 N–H and O–H groups in total. The molecule has 2 amide bonds. The van der Waals surface area contributed by atoms with Gasteiger partial charge in [-0.15, -0.1) is 12.6 Å². The molecule has 2 aromatic carbocycles. The lowest BCUT2D eigenvalue weighted by molar-refractivity contribution is -0.119. The molecule has 3 rings (SSSR count). The molecule has 1 fully saturated rings. The molecule has 1 aliphatic heterocycles. The van der Waals surface area contributed by atoms with E-state index in [1.807, 2.05) is 32.2 Å². The van der Waals surface area contributed by atoms with Gasteiger partial charge in [-0.3, -0.25) is 9.59 Å². The second-order valence-electron chi connectivity index (χ2n) is 8.15. The summed E-state index contributed by atoms with van der Waals surface area (Å²) in [6.07, 6.45) is 2.75. The third-order valence-corrected chi connectivity index (χ3v) is 4.89. The van der Waals surface area contributed by atoms with Crippen LogP contribution in [0.25, 0.3) is 0 Å². The highest BCUT2D eigenvalue weighted by Crippen LogP contribution is 2.14. The normalized spacial score (nSPS) is 11.0. The van der Waals surface area contributed by atoms with Gasteiger partial charge in [0.25, 0.3) is 0 Å². The van der Waals surface area contributed by atoms with Gasteiger partial charge in [-0.05, 0) is 70.1 Å². The molecule has 1 saturated heterocycles. The Morgan fingerprint density at radius 1 is 1.08 bits per heavy atom. The Morgan fingerprint density at radius 3 is 2.21 bits per heavy atom. The minimum absolute atomic E-state index is 0.0465. The molecule has 1 aliphatic rings. The van der Waals surface area contributed by atoms with Gasteiger partial charge in [0.15, 0.2) is 0 Å². The first-order valence-electron chi connectivity index (χ1n) is 12.6. The lowest BCUT2D eigenvalue weighted by atomic mass is 10.2. The fraction of sp³-hybridized carbons (Fsp3) is 0.500. The van der Waals surface area contributed by atoms with E-state index in [0.717, 1.165) is 69.6 Å². The minimum atomic E-state index is -0.253. The molecule has 0 radical (unpaired) electrons. The van der Waals surface area contributed by atoms with Crippen LogP contribution in [0.15, 0.2) is 47.4 Å². The summed E-state index contributed by atoms with van der Waals surface area (Å²) in [6, 6.07) is 12.6. The molecule has 2 aromatic rings. The number of benzene rings is 2. The molecule has 1 heterocycles. The van der Waals surface area contributed by atoms with Crippen molar-refractivity contribution in [3.63, 3.8) is 0 Å². The number of halogens is 1. The van der Waals surface area contributed by atoms with Gasteiger partial charge in [0.2, 0.25) is 11.8 Å². The molecule has 0 bridgehead atoms. The van der Waals surface area contributed by atoms with Crippen molar-refractivity contribution in [1.82, 2.24) is 21.3 Å². The molecule has 0 unspecified atom stereocenters. The minimum Gasteiger partial charge on any atom is -0.497 e. The summed E-state index contributed by atoms with van der Waals surface area (Å²) in [5.74, 6) is 0.564. The predicted octanol–water partition coefficient (Wildman–Crippen LogP) is 3.25. The molecule has 0 aliphatic carbocycles. The zero-order valence-electron chi connectivity index (χ0n) is 23.7. The Balaban J connectivity index is 0. The van der Waals surface area contributed by atoms with Gasteiger partial charge in [0, 0.05) is 57.6 Å². The SMILES string of the molecule is CNCCNCCCNC(C)=O.CO.COc1cc(C)cc(F)c1.Cc1cccc(S)c1.O=C1CCCN1. The van der Waals surface area contributed by atoms with E-state index in [0.29, 0.717) is 5.75 Å². The monoisotopic (exact) mass is 554 g/mol. The third-order valence-electron chi connectivity index (χ3n) is 4.61. The topological polar surface area (TPSA) is 112 Å². The van der Waals surface area contributed by atoms with Crippen molar-refractivity contribution in [2.24, 2.45) is 0 Å². The van der Waals surface area contributed by atoms with Crippen molar-refractivity contribution in [1.29, 1.82) is 0 Å². The van der Waals surface area contributed by atoms with E-state index in [-0.39, 0.29) is 17.6 Å². The lowest BCUT2D eigenvalue weighted by Crippen LogP contribution is -2.28. The number of amides is 2. The van der Waals surface area contributed by atoms with Crippen LogP contribution in [0.3, 0.4) is 0 Å². The summed E-state index contributed by atoms with van der Waals surface area (Å²) >= 11 is 4.15. The molecular formula is C28H47FN4O4S. The number of hydrogen-bond donors (Lipinski definition) is 6. The molecule has 216 valence electrons. The van der Waals surface area contributed by atoms with Crippen LogP contribution in [0.1, 0.15) is 37.3 Å². The van der Waals surface area contributed by atoms with Crippen molar-refractivity contribution in [3.05, 3.63) is 59.4 Å². The van der Waals surface area contributed by atoms with Crippen molar-refractivity contribution in [3.8, 4) is 5.75 Å². The van der Waals surface area contributed by atoms with Crippen LogP contribution < -0.4 is 26.0 Å². The highest BCUT2D eigenvalue weighted by molar-refractivity contribution is 7.80. The smallest absolute Gasteiger partial charge is 0.220 e. The second-order valence-corrected chi connectivity index (χ2v) is 8.67. The molecule has 8 nitrogen and oxygen atoms in total. The molecule has 0 saturated carbocycles. The van der Waals surface area contributed by atoms with Crippen LogP contribution in [-0.4, -0.2) is 70.9 Å². The van der Waals surface area contributed by atoms with Crippen molar-refractivity contribution in [2.75, 3.05) is 54.0 Å². The molecular weight excluding hydrogens is 507 g/mol. The number of likely N-dealkylation sites (N-methyl/N-ethyl adjacent to an activating group) is 1. The number of carbonyl (C=O) groups excluding carboxylic acids is 2. The van der Waals surface area contributed by atoms with Gasteiger partial charge in [-0.2, -0.15) is 0 Å². The van der Waals surface area contributed by atoms with E-state index < -0.39 is 0 Å². The number of carbonyl (C=O) groups is 2. The number of nitrogens with one attached hydrogen (secondary N) is 4. The van der Waals surface area contributed by atoms with Crippen molar-refractivity contribution < 1.29 is 23.8 Å². The third kappa shape index (κ3) is 25.0. The fourth-order valence-corrected chi connectivity index (χ4v) is 3.12. The van der Waals surface area contributed by atoms with Gasteiger partial charge in [-0.1, -0.05) is 17.7 Å². The van der Waals surface area contributed by atoms with E-state index >= 15 is 0 Å². The predicted molar refractivity (Wildman–Crippen MR) is 157 cm³/mol. The van der Waals surface area contributed by atoms with Crippen LogP contribution >= 0.6 is 12.6 Å². The van der Waals surface area contributed by atoms with Crippen molar-refractivity contribution in [2.45, 2.75) is 44.9 Å². The standard InChI is InChI=1S/C8H9FO.C8H19N3O.C7H8S.C4H7NO.CH4O/c1-6-3-7(9)5-8(4-6)10-2;1-8(12)11-5-3-4-10-7-6-9-2;1-6-3-2-4-7(8)5-6;6-4-2-1-3-5-4;1-2/h3-5H,1-2H3;9-10H,3-7H2,1-2H3,(H,11,12);2-5,8H,1H3;1-3H2,(H,5,6);2H,1H3. The summed E-state index contributed by atoms with van der Waals surface area (Å²) < 4.78 is 17.4. The number of methoxy groups -OCH3 is 1. The molecule has 0 spiro atoms. The Morgan fingerprint density at radius 2 is 1.79 bits per heavy atom. The van der Waals surface area contributed by atoms with E-state index in [1.54, 1.807) is 6.07 Å². The molecule has 10 heteroatoms. The maximum Gasteiger partial charge on any atom is 0.220 e. The van der Waals surface area contributed by atoms with Gasteiger partial charge < -0.3 is 31.1 Å². The Kier molecular flexibility index (Phi) is 25.6. The highest BCUT2D eigenvalue weighted by atomic mass is 32.1. The zero-order chi connectivity index (χ0) is 29.2. The fourth-order valence-electron chi connectivity index (χ4n) is 2.83. The summed E-state index contributed by atoms with van der Waals surface area (Å²) in [7, 11) is 4.45. The number of thiol groups is 1. The van der Waals surface area contributed by atoms with Crippen LogP contribution in [0.2, 0.25) is 0 Å². The Labute approximate surface area is 233 Å². The van der Waals surface area contributed by atoms with E-state index in [1.165, 1.54) is 31.7 Å². The van der Waals surface area contributed by atoms with Crippen LogP contribution in [-0.2, 0) is 9.59 Å². The van der Waals surface area contributed by atoms with Gasteiger partial charge in [0.1, 0.15) is 11.6 Å². The second kappa shape index (κ2) is 26.0. The summed E-state index contributed by atoms with van der Waals surface area (Å²) in [5.41, 5.74) is 2.13. The first kappa shape index (κ1) is 37.5. The highest BCUT2D eigenvalue weighted by Gasteiger charge is 2.05. The number of rotatable bonds is 8. The van der Waals surface area contributed by atoms with Crippen molar-refractivity contribution >= 4 is 24.4 Å². The number of aryl methyl sites for hydroxylation is 2. The van der Waals surface area contributed by atoms with Crippen LogP contribution in [0, 0.1) is 19.7 Å². The van der Waals surface area contributed by atoms with Gasteiger partial charge in [-0.25, -0.2) is 4.39 Å². The van der Waals surface area contributed by atoms with Crippen LogP contribution in [0.4, 0.5) is 4.39 Å².